The van der Waals surface area contributed by atoms with Crippen LogP contribution in [0, 0.1) is 0 Å². The van der Waals surface area contributed by atoms with Gasteiger partial charge in [0, 0.05) is 20.2 Å². The molecule has 1 aromatic carbocycles. The van der Waals surface area contributed by atoms with E-state index in [0.29, 0.717) is 0 Å². The molecule has 1 N–H and O–H groups in total. The molecule has 1 atom stereocenters. The first-order chi connectivity index (χ1) is 9.22. The molecule has 0 saturated carbocycles. The van der Waals surface area contributed by atoms with Crippen molar-refractivity contribution in [3.05, 3.63) is 24.3 Å². The second-order valence-corrected chi connectivity index (χ2v) is 4.93. The summed E-state index contributed by atoms with van der Waals surface area (Å²) in [5.41, 5.74) is 1.98. The third-order valence-corrected chi connectivity index (χ3v) is 3.58. The summed E-state index contributed by atoms with van der Waals surface area (Å²) >= 11 is 0. The molecule has 1 aromatic rings. The first kappa shape index (κ1) is 13.9. The molecule has 2 rings (SSSR count). The molecular formula is C15H22N2O2. The first-order valence-electron chi connectivity index (χ1n) is 6.90. The van der Waals surface area contributed by atoms with E-state index in [2.05, 4.69) is 16.3 Å². The smallest absolute Gasteiger partial charge is 0.253 e. The van der Waals surface area contributed by atoms with E-state index in [0.717, 1.165) is 24.5 Å². The van der Waals surface area contributed by atoms with Crippen LogP contribution in [0.1, 0.15) is 26.2 Å². The monoisotopic (exact) mass is 262 g/mol. The van der Waals surface area contributed by atoms with Crippen molar-refractivity contribution in [1.82, 2.24) is 0 Å². The molecule has 0 bridgehead atoms. The number of hydrogen-bond acceptors (Lipinski definition) is 3. The lowest BCUT2D eigenvalue weighted by Gasteiger charge is -2.30. The molecule has 0 aromatic heterocycles. The number of carbonyl (C=O) groups excluding carboxylic acids is 1. The molecule has 0 spiro atoms. The summed E-state index contributed by atoms with van der Waals surface area (Å²) in [6.45, 7) is 3.87. The quantitative estimate of drug-likeness (QED) is 0.907. The second-order valence-electron chi connectivity index (χ2n) is 4.93. The van der Waals surface area contributed by atoms with Crippen LogP contribution < -0.4 is 10.2 Å². The third kappa shape index (κ3) is 3.47. The Morgan fingerprint density at radius 3 is 2.63 bits per heavy atom. The molecule has 1 unspecified atom stereocenters. The standard InChI is InChI=1S/C15H22N2O2/c1-12(19-2)15(18)16-13-8-4-5-9-14(13)17-10-6-3-7-11-17/h4-5,8-9,12H,3,6-7,10-11H2,1-2H3,(H,16,18). The summed E-state index contributed by atoms with van der Waals surface area (Å²) in [5.74, 6) is -0.105. The summed E-state index contributed by atoms with van der Waals surface area (Å²) in [5, 5.41) is 2.95. The Morgan fingerprint density at radius 1 is 1.26 bits per heavy atom. The van der Waals surface area contributed by atoms with Crippen molar-refractivity contribution in [2.45, 2.75) is 32.3 Å². The van der Waals surface area contributed by atoms with E-state index in [1.54, 1.807) is 14.0 Å². The average Bonchev–Trinajstić information content (AvgIpc) is 2.47. The largest absolute Gasteiger partial charge is 0.372 e. The van der Waals surface area contributed by atoms with Crippen LogP contribution in [0.2, 0.25) is 0 Å². The Bertz CT molecular complexity index is 428. The fraction of sp³-hybridized carbons (Fsp3) is 0.533. The average molecular weight is 262 g/mol. The van der Waals surface area contributed by atoms with Gasteiger partial charge in [-0.05, 0) is 38.3 Å². The van der Waals surface area contributed by atoms with E-state index in [1.807, 2.05) is 18.2 Å². The minimum absolute atomic E-state index is 0.105. The van der Waals surface area contributed by atoms with Crippen molar-refractivity contribution in [2.75, 3.05) is 30.4 Å². The molecule has 4 heteroatoms. The summed E-state index contributed by atoms with van der Waals surface area (Å²) in [6.07, 6.45) is 3.30. The number of amides is 1. The van der Waals surface area contributed by atoms with Gasteiger partial charge in [-0.25, -0.2) is 0 Å². The van der Waals surface area contributed by atoms with Crippen molar-refractivity contribution in [3.63, 3.8) is 0 Å². The number of ether oxygens (including phenoxy) is 1. The van der Waals surface area contributed by atoms with Gasteiger partial charge in [-0.2, -0.15) is 0 Å². The van der Waals surface area contributed by atoms with Gasteiger partial charge in [0.25, 0.3) is 5.91 Å². The molecule has 1 fully saturated rings. The van der Waals surface area contributed by atoms with Crippen molar-refractivity contribution in [3.8, 4) is 0 Å². The Hall–Kier alpha value is -1.55. The highest BCUT2D eigenvalue weighted by molar-refractivity contribution is 5.96. The highest BCUT2D eigenvalue weighted by atomic mass is 16.5. The molecule has 104 valence electrons. The van der Waals surface area contributed by atoms with E-state index in [-0.39, 0.29) is 5.91 Å². The maximum Gasteiger partial charge on any atom is 0.253 e. The lowest BCUT2D eigenvalue weighted by atomic mass is 10.1. The van der Waals surface area contributed by atoms with Crippen molar-refractivity contribution < 1.29 is 9.53 Å². The van der Waals surface area contributed by atoms with Gasteiger partial charge in [0.1, 0.15) is 6.10 Å². The molecular weight excluding hydrogens is 240 g/mol. The lowest BCUT2D eigenvalue weighted by molar-refractivity contribution is -0.124. The van der Waals surface area contributed by atoms with Crippen molar-refractivity contribution in [1.29, 1.82) is 0 Å². The highest BCUT2D eigenvalue weighted by Crippen LogP contribution is 2.28. The zero-order valence-corrected chi connectivity index (χ0v) is 11.7. The van der Waals surface area contributed by atoms with E-state index in [1.165, 1.54) is 19.3 Å². The lowest BCUT2D eigenvalue weighted by Crippen LogP contribution is -2.32. The normalized spacial score (nSPS) is 17.1. The molecule has 1 aliphatic rings. The maximum absolute atomic E-state index is 11.9. The fourth-order valence-electron chi connectivity index (χ4n) is 2.33. The Morgan fingerprint density at radius 2 is 1.95 bits per heavy atom. The van der Waals surface area contributed by atoms with Gasteiger partial charge in [0.05, 0.1) is 11.4 Å². The number of nitrogens with one attached hydrogen (secondary N) is 1. The minimum Gasteiger partial charge on any atom is -0.372 e. The molecule has 1 aliphatic heterocycles. The van der Waals surface area contributed by atoms with Crippen LogP contribution in [0.5, 0.6) is 0 Å². The number of methoxy groups -OCH3 is 1. The molecule has 19 heavy (non-hydrogen) atoms. The van der Waals surface area contributed by atoms with Crippen LogP contribution in [0.25, 0.3) is 0 Å². The number of rotatable bonds is 4. The second kappa shape index (κ2) is 6.57. The van der Waals surface area contributed by atoms with Gasteiger partial charge >= 0.3 is 0 Å². The summed E-state index contributed by atoms with van der Waals surface area (Å²) in [4.78, 5) is 14.3. The van der Waals surface area contributed by atoms with Crippen LogP contribution in [0.15, 0.2) is 24.3 Å². The molecule has 0 radical (unpaired) electrons. The number of carbonyl (C=O) groups is 1. The number of para-hydroxylation sites is 2. The predicted molar refractivity (Wildman–Crippen MR) is 77.6 cm³/mol. The Balaban J connectivity index is 2.13. The zero-order valence-electron chi connectivity index (χ0n) is 11.7. The van der Waals surface area contributed by atoms with Crippen LogP contribution >= 0.6 is 0 Å². The molecule has 0 aliphatic carbocycles. The number of hydrogen-bond donors (Lipinski definition) is 1. The third-order valence-electron chi connectivity index (χ3n) is 3.58. The number of anilines is 2. The van der Waals surface area contributed by atoms with Crippen molar-refractivity contribution in [2.24, 2.45) is 0 Å². The number of nitrogens with zero attached hydrogens (tertiary/aromatic N) is 1. The minimum atomic E-state index is -0.436. The fourth-order valence-corrected chi connectivity index (χ4v) is 2.33. The van der Waals surface area contributed by atoms with E-state index >= 15 is 0 Å². The first-order valence-corrected chi connectivity index (χ1v) is 6.90. The van der Waals surface area contributed by atoms with E-state index in [4.69, 9.17) is 4.74 Å². The van der Waals surface area contributed by atoms with Gasteiger partial charge in [0.2, 0.25) is 0 Å². The van der Waals surface area contributed by atoms with Crippen molar-refractivity contribution >= 4 is 17.3 Å². The van der Waals surface area contributed by atoms with Crippen LogP contribution in [-0.4, -0.2) is 32.2 Å². The van der Waals surface area contributed by atoms with Crippen LogP contribution in [0.3, 0.4) is 0 Å². The van der Waals surface area contributed by atoms with Gasteiger partial charge in [-0.3, -0.25) is 4.79 Å². The summed E-state index contributed by atoms with van der Waals surface area (Å²) in [6, 6.07) is 7.97. The Labute approximate surface area is 114 Å². The topological polar surface area (TPSA) is 41.6 Å². The molecule has 4 nitrogen and oxygen atoms in total. The van der Waals surface area contributed by atoms with Gasteiger partial charge in [-0.15, -0.1) is 0 Å². The Kier molecular flexibility index (Phi) is 4.80. The summed E-state index contributed by atoms with van der Waals surface area (Å²) in [7, 11) is 1.54. The predicted octanol–water partition coefficient (Wildman–Crippen LogP) is 2.65. The van der Waals surface area contributed by atoms with Gasteiger partial charge in [0.15, 0.2) is 0 Å². The highest BCUT2D eigenvalue weighted by Gasteiger charge is 2.17. The van der Waals surface area contributed by atoms with Gasteiger partial charge in [-0.1, -0.05) is 12.1 Å². The zero-order chi connectivity index (χ0) is 13.7. The summed E-state index contributed by atoms with van der Waals surface area (Å²) < 4.78 is 5.04. The maximum atomic E-state index is 11.9. The van der Waals surface area contributed by atoms with Crippen LogP contribution in [0.4, 0.5) is 11.4 Å². The van der Waals surface area contributed by atoms with E-state index < -0.39 is 6.10 Å². The van der Waals surface area contributed by atoms with Gasteiger partial charge < -0.3 is 15.0 Å². The SMILES string of the molecule is COC(C)C(=O)Nc1ccccc1N1CCCCC1. The molecule has 1 amide bonds. The number of piperidine rings is 1. The number of benzene rings is 1. The molecule has 1 heterocycles. The molecule has 1 saturated heterocycles. The van der Waals surface area contributed by atoms with Crippen LogP contribution in [-0.2, 0) is 9.53 Å². The van der Waals surface area contributed by atoms with E-state index in [9.17, 15) is 4.79 Å².